The van der Waals surface area contributed by atoms with Gasteiger partial charge >= 0.3 is 0 Å². The summed E-state index contributed by atoms with van der Waals surface area (Å²) in [7, 11) is 3.10. The maximum Gasteiger partial charge on any atom is 0.272 e. The third-order valence-corrected chi connectivity index (χ3v) is 5.67. The summed E-state index contributed by atoms with van der Waals surface area (Å²) in [6.07, 6.45) is 1.13. The predicted octanol–water partition coefficient (Wildman–Crippen LogP) is 2.19. The van der Waals surface area contributed by atoms with E-state index < -0.39 is 11.5 Å². The zero-order valence-corrected chi connectivity index (χ0v) is 18.0. The molecule has 32 heavy (non-hydrogen) atoms. The number of nitrogens with zero attached hydrogens (tertiary/aromatic N) is 2. The molecule has 2 aromatic rings. The molecule has 4 rings (SSSR count). The molecule has 1 fully saturated rings. The molecule has 2 N–H and O–H groups in total. The SMILES string of the molecule is COc1cc(NC(=O)CN2CCC3(CC2)N=C(c2cccc(F)c2)C(=O)N3)cc(OC)c1. The molecule has 1 spiro atoms. The van der Waals surface area contributed by atoms with E-state index in [4.69, 9.17) is 9.47 Å². The number of piperidine rings is 1. The fraction of sp³-hybridized carbons (Fsp3) is 0.348. The number of amides is 2. The average Bonchev–Trinajstić information content (AvgIpc) is 3.11. The number of carbonyl (C=O) groups is 2. The lowest BCUT2D eigenvalue weighted by atomic mass is 9.98. The van der Waals surface area contributed by atoms with Gasteiger partial charge in [-0.1, -0.05) is 12.1 Å². The molecule has 2 aromatic carbocycles. The van der Waals surface area contributed by atoms with Gasteiger partial charge in [0.25, 0.3) is 5.91 Å². The molecule has 0 atom stereocenters. The lowest BCUT2D eigenvalue weighted by Crippen LogP contribution is -2.52. The van der Waals surface area contributed by atoms with Crippen LogP contribution in [0.15, 0.2) is 47.5 Å². The Morgan fingerprint density at radius 3 is 2.47 bits per heavy atom. The largest absolute Gasteiger partial charge is 0.497 e. The van der Waals surface area contributed by atoms with Crippen LogP contribution >= 0.6 is 0 Å². The molecule has 2 aliphatic rings. The number of nitrogens with one attached hydrogen (secondary N) is 2. The fourth-order valence-corrected chi connectivity index (χ4v) is 4.00. The van der Waals surface area contributed by atoms with Gasteiger partial charge in [0.05, 0.1) is 20.8 Å². The number of anilines is 1. The highest BCUT2D eigenvalue weighted by Crippen LogP contribution is 2.29. The normalized spacial score (nSPS) is 17.6. The molecule has 0 aromatic heterocycles. The molecule has 0 radical (unpaired) electrons. The van der Waals surface area contributed by atoms with Crippen molar-refractivity contribution in [3.05, 3.63) is 53.8 Å². The van der Waals surface area contributed by atoms with Crippen molar-refractivity contribution in [1.29, 1.82) is 0 Å². The van der Waals surface area contributed by atoms with Crippen molar-refractivity contribution < 1.29 is 23.5 Å². The van der Waals surface area contributed by atoms with Crippen LogP contribution in [0.3, 0.4) is 0 Å². The van der Waals surface area contributed by atoms with Gasteiger partial charge in [-0.25, -0.2) is 4.39 Å². The minimum atomic E-state index is -0.703. The number of aliphatic imine (C=N–C) groups is 1. The van der Waals surface area contributed by atoms with Crippen molar-refractivity contribution in [2.24, 2.45) is 4.99 Å². The summed E-state index contributed by atoms with van der Waals surface area (Å²) >= 11 is 0. The van der Waals surface area contributed by atoms with Gasteiger partial charge in [0.1, 0.15) is 28.7 Å². The standard InChI is InChI=1S/C23H25FN4O4/c1-31-18-11-17(12-19(13-18)32-2)25-20(29)14-28-8-6-23(7-9-28)26-21(22(30)27-23)15-4-3-5-16(24)10-15/h3-5,10-13H,6-9,14H2,1-2H3,(H,25,29)(H,27,30). The highest BCUT2D eigenvalue weighted by Gasteiger charge is 2.42. The lowest BCUT2D eigenvalue weighted by molar-refractivity contribution is -0.119. The predicted molar refractivity (Wildman–Crippen MR) is 118 cm³/mol. The van der Waals surface area contributed by atoms with Gasteiger partial charge < -0.3 is 20.1 Å². The van der Waals surface area contributed by atoms with E-state index >= 15 is 0 Å². The Bertz CT molecular complexity index is 1040. The second-order valence-electron chi connectivity index (χ2n) is 7.88. The Balaban J connectivity index is 1.36. The molecule has 0 aliphatic carbocycles. The number of carbonyl (C=O) groups excluding carboxylic acids is 2. The van der Waals surface area contributed by atoms with Gasteiger partial charge in [-0.05, 0) is 12.1 Å². The minimum Gasteiger partial charge on any atom is -0.497 e. The van der Waals surface area contributed by atoms with E-state index in [0.717, 1.165) is 0 Å². The van der Waals surface area contributed by atoms with Crippen molar-refractivity contribution in [2.45, 2.75) is 18.5 Å². The molecule has 8 nitrogen and oxygen atoms in total. The molecule has 168 valence electrons. The molecule has 1 saturated heterocycles. The zero-order chi connectivity index (χ0) is 22.7. The second-order valence-corrected chi connectivity index (χ2v) is 7.88. The zero-order valence-electron chi connectivity index (χ0n) is 18.0. The molecular weight excluding hydrogens is 415 g/mol. The van der Waals surface area contributed by atoms with Crippen molar-refractivity contribution in [1.82, 2.24) is 10.2 Å². The number of likely N-dealkylation sites (tertiary alicyclic amines) is 1. The quantitative estimate of drug-likeness (QED) is 0.719. The van der Waals surface area contributed by atoms with Crippen molar-refractivity contribution >= 4 is 23.2 Å². The summed E-state index contributed by atoms with van der Waals surface area (Å²) in [6, 6.07) is 11.1. The van der Waals surface area contributed by atoms with Crippen LogP contribution in [0.5, 0.6) is 11.5 Å². The lowest BCUT2D eigenvalue weighted by Gasteiger charge is -2.36. The summed E-state index contributed by atoms with van der Waals surface area (Å²) in [6.45, 7) is 1.40. The van der Waals surface area contributed by atoms with Crippen LogP contribution < -0.4 is 20.1 Å². The number of ether oxygens (including phenoxy) is 2. The minimum absolute atomic E-state index is 0.157. The van der Waals surface area contributed by atoms with Crippen LogP contribution in [0.25, 0.3) is 0 Å². The third kappa shape index (κ3) is 4.72. The van der Waals surface area contributed by atoms with Crippen LogP contribution in [-0.4, -0.2) is 61.9 Å². The molecule has 0 saturated carbocycles. The highest BCUT2D eigenvalue weighted by molar-refractivity contribution is 6.46. The van der Waals surface area contributed by atoms with Gasteiger partial charge in [-0.2, -0.15) is 0 Å². The van der Waals surface area contributed by atoms with Gasteiger partial charge in [0, 0.05) is 55.4 Å². The van der Waals surface area contributed by atoms with E-state index in [-0.39, 0.29) is 24.1 Å². The Morgan fingerprint density at radius 1 is 1.16 bits per heavy atom. The molecule has 2 heterocycles. The first-order chi connectivity index (χ1) is 15.4. The maximum absolute atomic E-state index is 13.5. The first-order valence-corrected chi connectivity index (χ1v) is 10.3. The van der Waals surface area contributed by atoms with Crippen LogP contribution in [0.4, 0.5) is 10.1 Å². The maximum atomic E-state index is 13.5. The van der Waals surface area contributed by atoms with Crippen LogP contribution in [-0.2, 0) is 9.59 Å². The van der Waals surface area contributed by atoms with E-state index in [1.165, 1.54) is 12.1 Å². The van der Waals surface area contributed by atoms with E-state index in [1.807, 2.05) is 4.90 Å². The number of benzene rings is 2. The number of hydrogen-bond donors (Lipinski definition) is 2. The number of halogens is 1. The Hall–Kier alpha value is -3.46. The number of hydrogen-bond acceptors (Lipinski definition) is 6. The van der Waals surface area contributed by atoms with Crippen LogP contribution in [0.2, 0.25) is 0 Å². The Morgan fingerprint density at radius 2 is 1.84 bits per heavy atom. The third-order valence-electron chi connectivity index (χ3n) is 5.67. The van der Waals surface area contributed by atoms with E-state index in [9.17, 15) is 14.0 Å². The van der Waals surface area contributed by atoms with E-state index in [0.29, 0.717) is 48.7 Å². The van der Waals surface area contributed by atoms with Gasteiger partial charge in [0.15, 0.2) is 0 Å². The Kier molecular flexibility index (Phi) is 6.09. The van der Waals surface area contributed by atoms with Gasteiger partial charge in [0.2, 0.25) is 5.91 Å². The number of rotatable bonds is 6. The van der Waals surface area contributed by atoms with Crippen molar-refractivity contribution in [3.63, 3.8) is 0 Å². The molecule has 2 amide bonds. The van der Waals surface area contributed by atoms with E-state index in [2.05, 4.69) is 15.6 Å². The van der Waals surface area contributed by atoms with E-state index in [1.54, 1.807) is 44.6 Å². The summed E-state index contributed by atoms with van der Waals surface area (Å²) in [5.41, 5.74) is 0.607. The summed E-state index contributed by atoms with van der Waals surface area (Å²) < 4.78 is 24.0. The second kappa shape index (κ2) is 8.96. The fourth-order valence-electron chi connectivity index (χ4n) is 4.00. The summed E-state index contributed by atoms with van der Waals surface area (Å²) in [4.78, 5) is 31.6. The average molecular weight is 440 g/mol. The van der Waals surface area contributed by atoms with Crippen LogP contribution in [0, 0.1) is 5.82 Å². The number of methoxy groups -OCH3 is 2. The van der Waals surface area contributed by atoms with Gasteiger partial charge in [-0.3, -0.25) is 19.5 Å². The smallest absolute Gasteiger partial charge is 0.272 e. The molecule has 0 unspecified atom stereocenters. The molecule has 0 bridgehead atoms. The molecular formula is C23H25FN4O4. The molecule has 2 aliphatic heterocycles. The summed E-state index contributed by atoms with van der Waals surface area (Å²) in [5.74, 6) is 0.310. The molecule has 9 heteroatoms. The van der Waals surface area contributed by atoms with Gasteiger partial charge in [-0.15, -0.1) is 0 Å². The monoisotopic (exact) mass is 440 g/mol. The topological polar surface area (TPSA) is 92.3 Å². The highest BCUT2D eigenvalue weighted by atomic mass is 19.1. The first kappa shape index (κ1) is 21.8. The van der Waals surface area contributed by atoms with Crippen molar-refractivity contribution in [2.75, 3.05) is 39.2 Å². The van der Waals surface area contributed by atoms with Crippen molar-refractivity contribution in [3.8, 4) is 11.5 Å². The summed E-state index contributed by atoms with van der Waals surface area (Å²) in [5, 5.41) is 5.82. The first-order valence-electron chi connectivity index (χ1n) is 10.3. The Labute approximate surface area is 185 Å². The van der Waals surface area contributed by atoms with Crippen LogP contribution in [0.1, 0.15) is 18.4 Å².